The molecule has 4 heteroatoms. The summed E-state index contributed by atoms with van der Waals surface area (Å²) in [7, 11) is 0. The molecule has 2 aromatic carbocycles. The Balaban J connectivity index is 2.75. The van der Waals surface area contributed by atoms with Crippen LogP contribution in [0.5, 0.6) is 0 Å². The number of aromatic carboxylic acids is 1. The molecule has 0 aliphatic carbocycles. The van der Waals surface area contributed by atoms with Crippen molar-refractivity contribution in [3.63, 3.8) is 0 Å². The van der Waals surface area contributed by atoms with Crippen LogP contribution in [0.25, 0.3) is 10.8 Å². The number of hydrogen-bond acceptors (Lipinski definition) is 1. The summed E-state index contributed by atoms with van der Waals surface area (Å²) in [6.45, 7) is 0. The van der Waals surface area contributed by atoms with E-state index in [1.165, 1.54) is 0 Å². The van der Waals surface area contributed by atoms with Crippen LogP contribution in [0.15, 0.2) is 34.8 Å². The lowest BCUT2D eigenvalue weighted by atomic mass is 10.1. The van der Waals surface area contributed by atoms with Gasteiger partial charge in [0, 0.05) is 9.86 Å². The smallest absolute Gasteiger partial charge is 0.335 e. The third-order valence-corrected chi connectivity index (χ3v) is 3.45. The van der Waals surface area contributed by atoms with Gasteiger partial charge in [0.15, 0.2) is 0 Å². The molecule has 0 amide bonds. The normalized spacial score (nSPS) is 10.5. The fraction of sp³-hybridized carbons (Fsp3) is 0. The number of carboxylic acid groups (broad SMARTS) is 1. The second-order valence-corrected chi connectivity index (χ2v) is 4.33. The van der Waals surface area contributed by atoms with Crippen molar-refractivity contribution in [3.05, 3.63) is 45.4 Å². The molecule has 0 aliphatic rings. The highest BCUT2D eigenvalue weighted by molar-refractivity contribution is 9.10. The van der Waals surface area contributed by atoms with Crippen LogP contribution in [0, 0.1) is 0 Å². The lowest BCUT2D eigenvalue weighted by Gasteiger charge is -2.03. The minimum Gasteiger partial charge on any atom is -0.478 e. The average molecular weight is 286 g/mol. The standard InChI is InChI=1S/C11H6BrClO2/c12-9-4-2-6-5-7(11(14)15)1-3-8(6)10(9)13/h1-5H,(H,14,15). The zero-order valence-corrected chi connectivity index (χ0v) is 9.84. The van der Waals surface area contributed by atoms with Gasteiger partial charge in [0.25, 0.3) is 0 Å². The highest BCUT2D eigenvalue weighted by Gasteiger charge is 2.07. The van der Waals surface area contributed by atoms with Crippen molar-refractivity contribution in [1.29, 1.82) is 0 Å². The molecule has 0 bridgehead atoms. The summed E-state index contributed by atoms with van der Waals surface area (Å²) < 4.78 is 0.805. The van der Waals surface area contributed by atoms with Crippen molar-refractivity contribution >= 4 is 44.3 Å². The van der Waals surface area contributed by atoms with Gasteiger partial charge >= 0.3 is 5.97 Å². The molecular weight excluding hydrogens is 279 g/mol. The summed E-state index contributed by atoms with van der Waals surface area (Å²) >= 11 is 9.38. The molecule has 0 aliphatic heterocycles. The average Bonchev–Trinajstić information content (AvgIpc) is 2.23. The first kappa shape index (κ1) is 10.5. The van der Waals surface area contributed by atoms with E-state index < -0.39 is 5.97 Å². The number of fused-ring (bicyclic) bond motifs is 1. The van der Waals surface area contributed by atoms with E-state index in [-0.39, 0.29) is 5.56 Å². The Bertz CT molecular complexity index is 552. The molecule has 76 valence electrons. The fourth-order valence-electron chi connectivity index (χ4n) is 1.40. The number of halogens is 2. The zero-order valence-electron chi connectivity index (χ0n) is 7.50. The van der Waals surface area contributed by atoms with Crippen LogP contribution in [0.4, 0.5) is 0 Å². The van der Waals surface area contributed by atoms with Crippen LogP contribution in [-0.2, 0) is 0 Å². The van der Waals surface area contributed by atoms with E-state index in [1.54, 1.807) is 24.3 Å². The number of hydrogen-bond donors (Lipinski definition) is 1. The van der Waals surface area contributed by atoms with Gasteiger partial charge < -0.3 is 5.11 Å². The van der Waals surface area contributed by atoms with E-state index in [1.807, 2.05) is 6.07 Å². The molecule has 0 atom stereocenters. The number of rotatable bonds is 1. The van der Waals surface area contributed by atoms with Crippen molar-refractivity contribution in [2.24, 2.45) is 0 Å². The Labute approximate surface area is 99.6 Å². The first-order chi connectivity index (χ1) is 7.09. The lowest BCUT2D eigenvalue weighted by molar-refractivity contribution is 0.0697. The lowest BCUT2D eigenvalue weighted by Crippen LogP contribution is -1.95. The maximum atomic E-state index is 10.8. The third-order valence-electron chi connectivity index (χ3n) is 2.15. The highest BCUT2D eigenvalue weighted by atomic mass is 79.9. The molecule has 0 aromatic heterocycles. The van der Waals surface area contributed by atoms with E-state index in [0.717, 1.165) is 15.2 Å². The summed E-state index contributed by atoms with van der Waals surface area (Å²) in [5.41, 5.74) is 0.265. The highest BCUT2D eigenvalue weighted by Crippen LogP contribution is 2.31. The maximum absolute atomic E-state index is 10.8. The topological polar surface area (TPSA) is 37.3 Å². The second-order valence-electron chi connectivity index (χ2n) is 3.10. The summed E-state index contributed by atoms with van der Waals surface area (Å²) in [4.78, 5) is 10.8. The van der Waals surface area contributed by atoms with Crippen LogP contribution in [-0.4, -0.2) is 11.1 Å². The second kappa shape index (κ2) is 3.83. The zero-order chi connectivity index (χ0) is 11.0. The first-order valence-corrected chi connectivity index (χ1v) is 5.38. The Morgan fingerprint density at radius 2 is 2.00 bits per heavy atom. The fourth-order valence-corrected chi connectivity index (χ4v) is 1.98. The van der Waals surface area contributed by atoms with Crippen molar-refractivity contribution in [3.8, 4) is 0 Å². The minimum absolute atomic E-state index is 0.265. The van der Waals surface area contributed by atoms with Gasteiger partial charge in [0.2, 0.25) is 0 Å². The Morgan fingerprint density at radius 3 is 2.67 bits per heavy atom. The molecular formula is C11H6BrClO2. The van der Waals surface area contributed by atoms with Gasteiger partial charge in [-0.15, -0.1) is 0 Å². The molecule has 0 radical (unpaired) electrons. The van der Waals surface area contributed by atoms with E-state index >= 15 is 0 Å². The predicted molar refractivity (Wildman–Crippen MR) is 63.6 cm³/mol. The molecule has 2 rings (SSSR count). The molecule has 0 saturated heterocycles. The van der Waals surface area contributed by atoms with Crippen molar-refractivity contribution < 1.29 is 9.90 Å². The Morgan fingerprint density at radius 1 is 1.27 bits per heavy atom. The van der Waals surface area contributed by atoms with Crippen LogP contribution in [0.3, 0.4) is 0 Å². The molecule has 0 unspecified atom stereocenters. The quantitative estimate of drug-likeness (QED) is 0.861. The molecule has 0 saturated carbocycles. The van der Waals surface area contributed by atoms with Gasteiger partial charge in [-0.25, -0.2) is 4.79 Å². The van der Waals surface area contributed by atoms with Crippen LogP contribution in [0.2, 0.25) is 5.02 Å². The monoisotopic (exact) mass is 284 g/mol. The third kappa shape index (κ3) is 1.85. The molecule has 0 heterocycles. The van der Waals surface area contributed by atoms with Gasteiger partial charge in [0.05, 0.1) is 10.6 Å². The Kier molecular flexibility index (Phi) is 2.67. The maximum Gasteiger partial charge on any atom is 0.335 e. The minimum atomic E-state index is -0.934. The summed E-state index contributed by atoms with van der Waals surface area (Å²) in [5.74, 6) is -0.934. The van der Waals surface area contributed by atoms with Gasteiger partial charge in [-0.05, 0) is 39.5 Å². The molecule has 0 spiro atoms. The van der Waals surface area contributed by atoms with Crippen molar-refractivity contribution in [2.75, 3.05) is 0 Å². The predicted octanol–water partition coefficient (Wildman–Crippen LogP) is 3.95. The number of carbonyl (C=O) groups is 1. The van der Waals surface area contributed by atoms with Gasteiger partial charge in [-0.3, -0.25) is 0 Å². The molecule has 1 N–H and O–H groups in total. The molecule has 15 heavy (non-hydrogen) atoms. The van der Waals surface area contributed by atoms with Crippen molar-refractivity contribution in [1.82, 2.24) is 0 Å². The molecule has 0 fully saturated rings. The molecule has 2 aromatic rings. The van der Waals surface area contributed by atoms with E-state index in [2.05, 4.69) is 15.9 Å². The summed E-state index contributed by atoms with van der Waals surface area (Å²) in [6.07, 6.45) is 0. The summed E-state index contributed by atoms with van der Waals surface area (Å²) in [6, 6.07) is 8.50. The first-order valence-electron chi connectivity index (χ1n) is 4.20. The number of carboxylic acids is 1. The van der Waals surface area contributed by atoms with Crippen LogP contribution in [0.1, 0.15) is 10.4 Å². The van der Waals surface area contributed by atoms with Crippen LogP contribution >= 0.6 is 27.5 Å². The van der Waals surface area contributed by atoms with Gasteiger partial charge in [0.1, 0.15) is 0 Å². The van der Waals surface area contributed by atoms with Gasteiger partial charge in [-0.1, -0.05) is 23.7 Å². The van der Waals surface area contributed by atoms with E-state index in [4.69, 9.17) is 16.7 Å². The molecule has 2 nitrogen and oxygen atoms in total. The van der Waals surface area contributed by atoms with E-state index in [0.29, 0.717) is 5.02 Å². The Hall–Kier alpha value is -1.06. The van der Waals surface area contributed by atoms with E-state index in [9.17, 15) is 4.79 Å². The largest absolute Gasteiger partial charge is 0.478 e. The van der Waals surface area contributed by atoms with Crippen molar-refractivity contribution in [2.45, 2.75) is 0 Å². The van der Waals surface area contributed by atoms with Gasteiger partial charge in [-0.2, -0.15) is 0 Å². The number of benzene rings is 2. The van der Waals surface area contributed by atoms with Crippen LogP contribution < -0.4 is 0 Å². The summed E-state index contributed by atoms with van der Waals surface area (Å²) in [5, 5.41) is 11.1. The SMILES string of the molecule is O=C(O)c1ccc2c(Cl)c(Br)ccc2c1.